The Morgan fingerprint density at radius 2 is 2.08 bits per heavy atom. The van der Waals surface area contributed by atoms with Crippen LogP contribution in [0.4, 0.5) is 0 Å². The molecule has 0 radical (unpaired) electrons. The molecule has 1 unspecified atom stereocenters. The SMILES string of the molecule is CCCCC(C)CNC(=O)CC. The van der Waals surface area contributed by atoms with Gasteiger partial charge in [0.2, 0.25) is 5.91 Å². The van der Waals surface area contributed by atoms with Gasteiger partial charge in [0.15, 0.2) is 0 Å². The molecular formula is C10H21NO. The van der Waals surface area contributed by atoms with Crippen molar-refractivity contribution in [2.45, 2.75) is 46.5 Å². The largest absolute Gasteiger partial charge is 0.356 e. The van der Waals surface area contributed by atoms with Crippen molar-refractivity contribution in [3.8, 4) is 0 Å². The standard InChI is InChI=1S/C10H21NO/c1-4-6-7-9(3)8-11-10(12)5-2/h9H,4-8H2,1-3H3,(H,11,12). The molecule has 0 saturated carbocycles. The van der Waals surface area contributed by atoms with E-state index in [9.17, 15) is 4.79 Å². The van der Waals surface area contributed by atoms with Crippen molar-refractivity contribution in [1.29, 1.82) is 0 Å². The van der Waals surface area contributed by atoms with Crippen LogP contribution in [0.5, 0.6) is 0 Å². The van der Waals surface area contributed by atoms with Gasteiger partial charge in [-0.15, -0.1) is 0 Å². The van der Waals surface area contributed by atoms with Crippen molar-refractivity contribution < 1.29 is 4.79 Å². The highest BCUT2D eigenvalue weighted by atomic mass is 16.1. The number of hydrogen-bond donors (Lipinski definition) is 1. The molecule has 0 aromatic carbocycles. The molecule has 0 aliphatic heterocycles. The molecule has 0 aliphatic carbocycles. The second kappa shape index (κ2) is 7.14. The van der Waals surface area contributed by atoms with Crippen LogP contribution in [0.3, 0.4) is 0 Å². The number of carbonyl (C=O) groups excluding carboxylic acids is 1. The van der Waals surface area contributed by atoms with Crippen LogP contribution in [0.1, 0.15) is 46.5 Å². The molecule has 2 nitrogen and oxygen atoms in total. The summed E-state index contributed by atoms with van der Waals surface area (Å²) in [5, 5.41) is 2.90. The molecule has 0 aromatic rings. The quantitative estimate of drug-likeness (QED) is 0.653. The molecule has 0 heterocycles. The summed E-state index contributed by atoms with van der Waals surface area (Å²) >= 11 is 0. The Labute approximate surface area is 75.7 Å². The molecule has 1 N–H and O–H groups in total. The van der Waals surface area contributed by atoms with E-state index in [1.165, 1.54) is 19.3 Å². The zero-order chi connectivity index (χ0) is 9.40. The van der Waals surface area contributed by atoms with E-state index in [2.05, 4.69) is 19.2 Å². The molecule has 2 heteroatoms. The Balaban J connectivity index is 3.30. The van der Waals surface area contributed by atoms with Crippen molar-refractivity contribution in [2.24, 2.45) is 5.92 Å². The number of rotatable bonds is 6. The monoisotopic (exact) mass is 171 g/mol. The Bertz CT molecular complexity index is 123. The molecule has 0 bridgehead atoms. The lowest BCUT2D eigenvalue weighted by atomic mass is 10.0. The summed E-state index contributed by atoms with van der Waals surface area (Å²) < 4.78 is 0. The van der Waals surface area contributed by atoms with Gasteiger partial charge >= 0.3 is 0 Å². The summed E-state index contributed by atoms with van der Waals surface area (Å²) in [6, 6.07) is 0. The summed E-state index contributed by atoms with van der Waals surface area (Å²) in [5.41, 5.74) is 0. The van der Waals surface area contributed by atoms with Crippen LogP contribution in [0.25, 0.3) is 0 Å². The maximum absolute atomic E-state index is 10.9. The first-order valence-electron chi connectivity index (χ1n) is 4.97. The molecule has 12 heavy (non-hydrogen) atoms. The number of hydrogen-bond acceptors (Lipinski definition) is 1. The first-order chi connectivity index (χ1) is 5.70. The number of unbranched alkanes of at least 4 members (excludes halogenated alkanes) is 1. The highest BCUT2D eigenvalue weighted by Gasteiger charge is 2.02. The highest BCUT2D eigenvalue weighted by Crippen LogP contribution is 2.05. The maximum Gasteiger partial charge on any atom is 0.219 e. The first-order valence-corrected chi connectivity index (χ1v) is 4.97. The zero-order valence-corrected chi connectivity index (χ0v) is 8.52. The molecule has 1 atom stereocenters. The van der Waals surface area contributed by atoms with Crippen LogP contribution in [0, 0.1) is 5.92 Å². The molecule has 1 amide bonds. The minimum absolute atomic E-state index is 0.165. The Kier molecular flexibility index (Phi) is 6.82. The fourth-order valence-corrected chi connectivity index (χ4v) is 1.07. The molecule has 0 spiro atoms. The number of carbonyl (C=O) groups is 1. The average Bonchev–Trinajstić information content (AvgIpc) is 2.10. The molecule has 0 aromatic heterocycles. The fourth-order valence-electron chi connectivity index (χ4n) is 1.07. The summed E-state index contributed by atoms with van der Waals surface area (Å²) in [7, 11) is 0. The molecular weight excluding hydrogens is 150 g/mol. The fraction of sp³-hybridized carbons (Fsp3) is 0.900. The van der Waals surface area contributed by atoms with E-state index in [1.807, 2.05) is 6.92 Å². The van der Waals surface area contributed by atoms with Crippen molar-refractivity contribution in [1.82, 2.24) is 5.32 Å². The average molecular weight is 171 g/mol. The number of amides is 1. The van der Waals surface area contributed by atoms with Gasteiger partial charge < -0.3 is 5.32 Å². The smallest absolute Gasteiger partial charge is 0.219 e. The summed E-state index contributed by atoms with van der Waals surface area (Å²) in [6.07, 6.45) is 4.33. The van der Waals surface area contributed by atoms with Crippen molar-refractivity contribution in [3.05, 3.63) is 0 Å². The summed E-state index contributed by atoms with van der Waals surface area (Å²) in [4.78, 5) is 10.9. The van der Waals surface area contributed by atoms with Gasteiger partial charge in [-0.3, -0.25) is 4.79 Å². The summed E-state index contributed by atoms with van der Waals surface area (Å²) in [6.45, 7) is 7.10. The van der Waals surface area contributed by atoms with E-state index in [-0.39, 0.29) is 5.91 Å². The van der Waals surface area contributed by atoms with Crippen molar-refractivity contribution >= 4 is 5.91 Å². The van der Waals surface area contributed by atoms with Gasteiger partial charge in [-0.1, -0.05) is 33.6 Å². The predicted octanol–water partition coefficient (Wildman–Crippen LogP) is 2.34. The van der Waals surface area contributed by atoms with E-state index < -0.39 is 0 Å². The van der Waals surface area contributed by atoms with Crippen molar-refractivity contribution in [2.75, 3.05) is 6.54 Å². The van der Waals surface area contributed by atoms with E-state index >= 15 is 0 Å². The van der Waals surface area contributed by atoms with Crippen LogP contribution in [0.2, 0.25) is 0 Å². The minimum Gasteiger partial charge on any atom is -0.356 e. The third-order valence-corrected chi connectivity index (χ3v) is 2.02. The van der Waals surface area contributed by atoms with Gasteiger partial charge in [-0.25, -0.2) is 0 Å². The van der Waals surface area contributed by atoms with Gasteiger partial charge in [0.05, 0.1) is 0 Å². The number of nitrogens with one attached hydrogen (secondary N) is 1. The third kappa shape index (κ3) is 6.20. The maximum atomic E-state index is 10.9. The van der Waals surface area contributed by atoms with Crippen LogP contribution in [-0.4, -0.2) is 12.5 Å². The second-order valence-corrected chi connectivity index (χ2v) is 3.41. The first kappa shape index (κ1) is 11.5. The van der Waals surface area contributed by atoms with Gasteiger partial charge in [0.1, 0.15) is 0 Å². The summed E-state index contributed by atoms with van der Waals surface area (Å²) in [5.74, 6) is 0.791. The predicted molar refractivity (Wildman–Crippen MR) is 52.0 cm³/mol. The van der Waals surface area contributed by atoms with Crippen molar-refractivity contribution in [3.63, 3.8) is 0 Å². The highest BCUT2D eigenvalue weighted by molar-refractivity contribution is 5.75. The zero-order valence-electron chi connectivity index (χ0n) is 8.52. The van der Waals surface area contributed by atoms with E-state index in [1.54, 1.807) is 0 Å². The van der Waals surface area contributed by atoms with E-state index in [0.29, 0.717) is 12.3 Å². The van der Waals surface area contributed by atoms with E-state index in [0.717, 1.165) is 6.54 Å². The Morgan fingerprint density at radius 3 is 2.58 bits per heavy atom. The lowest BCUT2D eigenvalue weighted by Gasteiger charge is -2.10. The van der Waals surface area contributed by atoms with Crippen LogP contribution < -0.4 is 5.32 Å². The molecule has 0 fully saturated rings. The minimum atomic E-state index is 0.165. The molecule has 0 aliphatic rings. The van der Waals surface area contributed by atoms with Gasteiger partial charge in [0.25, 0.3) is 0 Å². The normalized spacial score (nSPS) is 12.6. The topological polar surface area (TPSA) is 29.1 Å². The Hall–Kier alpha value is -0.530. The van der Waals surface area contributed by atoms with Crippen LogP contribution in [0.15, 0.2) is 0 Å². The second-order valence-electron chi connectivity index (χ2n) is 3.41. The van der Waals surface area contributed by atoms with Crippen LogP contribution in [-0.2, 0) is 4.79 Å². The Morgan fingerprint density at radius 1 is 1.42 bits per heavy atom. The van der Waals surface area contributed by atoms with Crippen LogP contribution >= 0.6 is 0 Å². The van der Waals surface area contributed by atoms with Gasteiger partial charge in [-0.05, 0) is 12.3 Å². The lowest BCUT2D eigenvalue weighted by molar-refractivity contribution is -0.120. The van der Waals surface area contributed by atoms with Gasteiger partial charge in [0, 0.05) is 13.0 Å². The van der Waals surface area contributed by atoms with Gasteiger partial charge in [-0.2, -0.15) is 0 Å². The molecule has 0 rings (SSSR count). The van der Waals surface area contributed by atoms with E-state index in [4.69, 9.17) is 0 Å². The third-order valence-electron chi connectivity index (χ3n) is 2.02. The lowest BCUT2D eigenvalue weighted by Crippen LogP contribution is -2.27. The molecule has 0 saturated heterocycles. The molecule has 72 valence electrons.